The molecule has 0 bridgehead atoms. The van der Waals surface area contributed by atoms with Crippen molar-refractivity contribution in [2.24, 2.45) is 0 Å². The Morgan fingerprint density at radius 1 is 0.523 bits per heavy atom. The third-order valence-corrected chi connectivity index (χ3v) is 7.37. The summed E-state index contributed by atoms with van der Waals surface area (Å²) >= 11 is 0. The first-order valence-electron chi connectivity index (χ1n) is 15.1. The van der Waals surface area contributed by atoms with Gasteiger partial charge in [0.15, 0.2) is 6.29 Å². The number of rotatable bonds is 16. The zero-order valence-corrected chi connectivity index (χ0v) is 24.9. The van der Waals surface area contributed by atoms with Crippen LogP contribution < -0.4 is 0 Å². The van der Waals surface area contributed by atoms with Crippen LogP contribution in [0, 0.1) is 12.3 Å². The average molecular weight is 593 g/mol. The fourth-order valence-corrected chi connectivity index (χ4v) is 5.12. The molecule has 5 atom stereocenters. The number of terminal acetylenes is 1. The Morgan fingerprint density at radius 3 is 1.43 bits per heavy atom. The van der Waals surface area contributed by atoms with E-state index in [0.29, 0.717) is 39.5 Å². The lowest BCUT2D eigenvalue weighted by molar-refractivity contribution is -0.328. The van der Waals surface area contributed by atoms with E-state index >= 15 is 0 Å². The van der Waals surface area contributed by atoms with Crippen LogP contribution in [0.5, 0.6) is 0 Å². The molecule has 0 saturated carbocycles. The van der Waals surface area contributed by atoms with Crippen LogP contribution in [-0.2, 0) is 54.8 Å². The van der Waals surface area contributed by atoms with E-state index in [1.54, 1.807) is 0 Å². The summed E-state index contributed by atoms with van der Waals surface area (Å²) in [4.78, 5) is 0. The molecule has 1 unspecified atom stereocenters. The monoisotopic (exact) mass is 592 g/mol. The molecule has 1 fully saturated rings. The highest BCUT2D eigenvalue weighted by atomic mass is 16.7. The van der Waals surface area contributed by atoms with Gasteiger partial charge in [-0.3, -0.25) is 0 Å². The van der Waals surface area contributed by atoms with Crippen molar-refractivity contribution in [3.05, 3.63) is 144 Å². The summed E-state index contributed by atoms with van der Waals surface area (Å²) in [5.41, 5.74) is 4.20. The first kappa shape index (κ1) is 31.6. The molecule has 1 saturated heterocycles. The maximum atomic E-state index is 6.70. The van der Waals surface area contributed by atoms with E-state index in [2.05, 4.69) is 5.92 Å². The molecule has 4 aromatic rings. The normalized spacial score (nSPS) is 21.5. The smallest absolute Gasteiger partial charge is 0.186 e. The van der Waals surface area contributed by atoms with Crippen molar-refractivity contribution in [3.63, 3.8) is 0 Å². The predicted molar refractivity (Wildman–Crippen MR) is 169 cm³/mol. The third-order valence-electron chi connectivity index (χ3n) is 7.37. The van der Waals surface area contributed by atoms with Crippen molar-refractivity contribution >= 4 is 0 Å². The van der Waals surface area contributed by atoms with Gasteiger partial charge in [-0.1, -0.05) is 121 Å². The standard InChI is InChI=1S/C38H40O6/c1-2-3-24-40-38-37(43-28-33-22-14-7-15-23-33)36(42-27-32-20-12-6-13-21-32)35(41-26-31-18-10-5-11-19-31)34(44-38)29-39-25-30-16-8-4-9-17-30/h1,4-23,34-38H,3,24-29H2/t34-,35+,36+,37-,38?/m1/s1. The van der Waals surface area contributed by atoms with Gasteiger partial charge in [0, 0.05) is 6.42 Å². The highest BCUT2D eigenvalue weighted by molar-refractivity contribution is 5.16. The molecule has 6 heteroatoms. The SMILES string of the molecule is C#CCCOC1O[C@H](COCc2ccccc2)[C@H](OCc2ccccc2)[C@H](OCc2ccccc2)[C@H]1OCc1ccccc1. The molecular formula is C38H40O6. The highest BCUT2D eigenvalue weighted by Gasteiger charge is 2.49. The Kier molecular flexibility index (Phi) is 12.6. The molecule has 44 heavy (non-hydrogen) atoms. The molecule has 4 aromatic carbocycles. The fraction of sp³-hybridized carbons (Fsp3) is 0.316. The number of hydrogen-bond acceptors (Lipinski definition) is 6. The van der Waals surface area contributed by atoms with Gasteiger partial charge in [0.05, 0.1) is 39.6 Å². The van der Waals surface area contributed by atoms with Crippen LogP contribution in [-0.4, -0.2) is 43.9 Å². The fourth-order valence-electron chi connectivity index (χ4n) is 5.12. The van der Waals surface area contributed by atoms with E-state index in [0.717, 1.165) is 22.3 Å². The van der Waals surface area contributed by atoms with Gasteiger partial charge >= 0.3 is 0 Å². The van der Waals surface area contributed by atoms with Crippen molar-refractivity contribution in [2.45, 2.75) is 63.6 Å². The van der Waals surface area contributed by atoms with Crippen LogP contribution in [0.1, 0.15) is 28.7 Å². The number of ether oxygens (including phenoxy) is 6. The van der Waals surface area contributed by atoms with Gasteiger partial charge in [-0.05, 0) is 22.3 Å². The lowest BCUT2D eigenvalue weighted by atomic mass is 9.97. The number of hydrogen-bond donors (Lipinski definition) is 0. The number of benzene rings is 4. The summed E-state index contributed by atoms with van der Waals surface area (Å²) in [6, 6.07) is 40.2. The lowest BCUT2D eigenvalue weighted by Gasteiger charge is -2.45. The molecule has 0 amide bonds. The van der Waals surface area contributed by atoms with Gasteiger partial charge in [0.1, 0.15) is 24.4 Å². The second kappa shape index (κ2) is 17.5. The van der Waals surface area contributed by atoms with Gasteiger partial charge in [0.2, 0.25) is 0 Å². The minimum absolute atomic E-state index is 0.278. The maximum absolute atomic E-state index is 6.70. The summed E-state index contributed by atoms with van der Waals surface area (Å²) in [7, 11) is 0. The van der Waals surface area contributed by atoms with Crippen molar-refractivity contribution in [2.75, 3.05) is 13.2 Å². The Labute approximate surface area is 260 Å². The van der Waals surface area contributed by atoms with Crippen LogP contribution in [0.3, 0.4) is 0 Å². The molecule has 1 aliphatic heterocycles. The van der Waals surface area contributed by atoms with Crippen LogP contribution in [0.25, 0.3) is 0 Å². The summed E-state index contributed by atoms with van der Waals surface area (Å²) in [5, 5.41) is 0. The van der Waals surface area contributed by atoms with Gasteiger partial charge in [-0.2, -0.15) is 0 Å². The van der Waals surface area contributed by atoms with Crippen LogP contribution in [0.15, 0.2) is 121 Å². The Bertz CT molecular complexity index is 1380. The van der Waals surface area contributed by atoms with E-state index < -0.39 is 30.7 Å². The van der Waals surface area contributed by atoms with Gasteiger partial charge < -0.3 is 28.4 Å². The van der Waals surface area contributed by atoms with Gasteiger partial charge in [-0.25, -0.2) is 0 Å². The molecule has 1 heterocycles. The van der Waals surface area contributed by atoms with E-state index in [1.165, 1.54) is 0 Å². The maximum Gasteiger partial charge on any atom is 0.186 e. The predicted octanol–water partition coefficient (Wildman–Crippen LogP) is 6.72. The summed E-state index contributed by atoms with van der Waals surface area (Å²) in [6.45, 7) is 2.15. The minimum atomic E-state index is -0.741. The Morgan fingerprint density at radius 2 is 0.955 bits per heavy atom. The Hall–Kier alpha value is -3.80. The van der Waals surface area contributed by atoms with Crippen molar-refractivity contribution < 1.29 is 28.4 Å². The molecule has 6 nitrogen and oxygen atoms in total. The van der Waals surface area contributed by atoms with E-state index in [-0.39, 0.29) is 6.61 Å². The quantitative estimate of drug-likeness (QED) is 0.106. The van der Waals surface area contributed by atoms with Crippen molar-refractivity contribution in [3.8, 4) is 12.3 Å². The lowest BCUT2D eigenvalue weighted by Crippen LogP contribution is -2.61. The zero-order valence-electron chi connectivity index (χ0n) is 24.9. The van der Waals surface area contributed by atoms with E-state index in [1.807, 2.05) is 121 Å². The Balaban J connectivity index is 1.42. The van der Waals surface area contributed by atoms with E-state index in [4.69, 9.17) is 34.8 Å². The topological polar surface area (TPSA) is 55.4 Å². The zero-order chi connectivity index (χ0) is 30.2. The van der Waals surface area contributed by atoms with E-state index in [9.17, 15) is 0 Å². The van der Waals surface area contributed by atoms with Crippen LogP contribution in [0.4, 0.5) is 0 Å². The first-order valence-corrected chi connectivity index (χ1v) is 15.1. The summed E-state index contributed by atoms with van der Waals surface area (Å²) in [5.74, 6) is 2.65. The van der Waals surface area contributed by atoms with Crippen molar-refractivity contribution in [1.29, 1.82) is 0 Å². The molecule has 0 radical (unpaired) electrons. The molecule has 1 aliphatic rings. The molecule has 0 aromatic heterocycles. The van der Waals surface area contributed by atoms with Gasteiger partial charge in [0.25, 0.3) is 0 Å². The minimum Gasteiger partial charge on any atom is -0.374 e. The van der Waals surface area contributed by atoms with Gasteiger partial charge in [-0.15, -0.1) is 12.3 Å². The molecule has 5 rings (SSSR count). The molecule has 0 aliphatic carbocycles. The first-order chi connectivity index (χ1) is 21.8. The van der Waals surface area contributed by atoms with Crippen LogP contribution >= 0.6 is 0 Å². The average Bonchev–Trinajstić information content (AvgIpc) is 3.08. The van der Waals surface area contributed by atoms with Crippen molar-refractivity contribution in [1.82, 2.24) is 0 Å². The highest BCUT2D eigenvalue weighted by Crippen LogP contribution is 2.31. The molecular weight excluding hydrogens is 552 g/mol. The second-order valence-corrected chi connectivity index (χ2v) is 10.7. The molecule has 0 spiro atoms. The van der Waals surface area contributed by atoms with Crippen LogP contribution in [0.2, 0.25) is 0 Å². The third kappa shape index (κ3) is 9.60. The second-order valence-electron chi connectivity index (χ2n) is 10.7. The largest absolute Gasteiger partial charge is 0.374 e. The molecule has 228 valence electrons. The summed E-state index contributed by atoms with van der Waals surface area (Å²) < 4.78 is 39.0. The summed E-state index contributed by atoms with van der Waals surface area (Å²) in [6.07, 6.45) is 3.13. The molecule has 0 N–H and O–H groups in total.